The van der Waals surface area contributed by atoms with Gasteiger partial charge in [0.1, 0.15) is 0 Å². The maximum absolute atomic E-state index is 8.75. The molecule has 19 heavy (non-hydrogen) atoms. The molecule has 0 aromatic heterocycles. The molecule has 2 N–H and O–H groups in total. The quantitative estimate of drug-likeness (QED) is 0.426. The van der Waals surface area contributed by atoms with Crippen molar-refractivity contribution in [2.75, 3.05) is 26.7 Å². The lowest BCUT2D eigenvalue weighted by atomic mass is 10.1. The van der Waals surface area contributed by atoms with Crippen LogP contribution in [0.15, 0.2) is 0 Å². The first-order valence-corrected chi connectivity index (χ1v) is 8.23. The van der Waals surface area contributed by atoms with Gasteiger partial charge < -0.3 is 22.4 Å². The first kappa shape index (κ1) is 21.5. The molecule has 3 heteroatoms. The Balaban J connectivity index is 0. The van der Waals surface area contributed by atoms with Crippen LogP contribution in [0.4, 0.5) is 0 Å². The first-order chi connectivity index (χ1) is 8.81. The smallest absolute Gasteiger partial charge is 0.0791 e. The van der Waals surface area contributed by atoms with Gasteiger partial charge in [-0.05, 0) is 12.8 Å². The SMILES string of the molecule is CCCCCCCCCCCC[NH+](C)CCCO.[Cl-]. The average molecular weight is 294 g/mol. The van der Waals surface area contributed by atoms with Crippen LogP contribution in [-0.4, -0.2) is 31.9 Å². The Morgan fingerprint density at radius 3 is 1.58 bits per heavy atom. The number of rotatable bonds is 14. The summed E-state index contributed by atoms with van der Waals surface area (Å²) in [5.41, 5.74) is 0. The van der Waals surface area contributed by atoms with Crippen molar-refractivity contribution in [3.8, 4) is 0 Å². The van der Waals surface area contributed by atoms with Crippen LogP contribution in [0.2, 0.25) is 0 Å². The third-order valence-electron chi connectivity index (χ3n) is 3.72. The molecule has 0 saturated carbocycles. The van der Waals surface area contributed by atoms with E-state index in [1.165, 1.54) is 70.8 Å². The summed E-state index contributed by atoms with van der Waals surface area (Å²) in [6, 6.07) is 0. The number of halogens is 1. The summed E-state index contributed by atoms with van der Waals surface area (Å²) in [6.45, 7) is 5.01. The van der Waals surface area contributed by atoms with Crippen molar-refractivity contribution >= 4 is 0 Å². The molecule has 0 amide bonds. The van der Waals surface area contributed by atoms with Gasteiger partial charge in [-0.2, -0.15) is 0 Å². The van der Waals surface area contributed by atoms with E-state index in [9.17, 15) is 0 Å². The molecule has 0 aromatic carbocycles. The molecule has 0 aromatic rings. The highest BCUT2D eigenvalue weighted by Gasteiger charge is 2.00. The molecular formula is C16H36ClNO. The number of aliphatic hydroxyl groups is 1. The van der Waals surface area contributed by atoms with E-state index in [2.05, 4.69) is 14.0 Å². The highest BCUT2D eigenvalue weighted by molar-refractivity contribution is 4.47. The highest BCUT2D eigenvalue weighted by atomic mass is 35.5. The van der Waals surface area contributed by atoms with Crippen LogP contribution in [0.1, 0.15) is 77.6 Å². The van der Waals surface area contributed by atoms with E-state index in [0.717, 1.165) is 13.0 Å². The van der Waals surface area contributed by atoms with Crippen molar-refractivity contribution in [2.24, 2.45) is 0 Å². The molecule has 0 aliphatic carbocycles. The zero-order valence-electron chi connectivity index (χ0n) is 13.2. The molecule has 0 saturated heterocycles. The Morgan fingerprint density at radius 2 is 1.11 bits per heavy atom. The van der Waals surface area contributed by atoms with Crippen molar-refractivity contribution in [1.29, 1.82) is 0 Å². The van der Waals surface area contributed by atoms with Gasteiger partial charge in [-0.1, -0.05) is 58.3 Å². The molecule has 1 unspecified atom stereocenters. The van der Waals surface area contributed by atoms with E-state index in [1.807, 2.05) is 0 Å². The predicted molar refractivity (Wildman–Crippen MR) is 80.2 cm³/mol. The van der Waals surface area contributed by atoms with Crippen molar-refractivity contribution in [2.45, 2.75) is 77.6 Å². The van der Waals surface area contributed by atoms with Crippen LogP contribution in [0.3, 0.4) is 0 Å². The van der Waals surface area contributed by atoms with Crippen LogP contribution in [-0.2, 0) is 0 Å². The standard InChI is InChI=1S/C16H35NO.ClH/c1-3-4-5-6-7-8-9-10-11-12-14-17(2)15-13-16-18;/h18H,3-16H2,1-2H3;1H. The van der Waals surface area contributed by atoms with Crippen LogP contribution in [0.25, 0.3) is 0 Å². The van der Waals surface area contributed by atoms with E-state index in [0.29, 0.717) is 6.61 Å². The Hall–Kier alpha value is 0.210. The number of hydrogen-bond donors (Lipinski definition) is 2. The molecule has 2 nitrogen and oxygen atoms in total. The third kappa shape index (κ3) is 18.2. The fraction of sp³-hybridized carbons (Fsp3) is 1.00. The molecule has 0 radical (unpaired) electrons. The zero-order chi connectivity index (χ0) is 13.5. The Labute approximate surface area is 127 Å². The van der Waals surface area contributed by atoms with Gasteiger partial charge in [-0.3, -0.25) is 0 Å². The summed E-state index contributed by atoms with van der Waals surface area (Å²) < 4.78 is 0. The summed E-state index contributed by atoms with van der Waals surface area (Å²) >= 11 is 0. The minimum absolute atomic E-state index is 0. The van der Waals surface area contributed by atoms with Gasteiger partial charge in [0.2, 0.25) is 0 Å². The molecule has 0 aliphatic rings. The lowest BCUT2D eigenvalue weighted by molar-refractivity contribution is -0.880. The van der Waals surface area contributed by atoms with Crippen molar-refractivity contribution < 1.29 is 22.4 Å². The highest BCUT2D eigenvalue weighted by Crippen LogP contribution is 2.09. The summed E-state index contributed by atoms with van der Waals surface area (Å²) in [7, 11) is 2.24. The van der Waals surface area contributed by atoms with Gasteiger partial charge >= 0.3 is 0 Å². The summed E-state index contributed by atoms with van der Waals surface area (Å²) in [5, 5.41) is 8.75. The number of unbranched alkanes of at least 4 members (excludes halogenated alkanes) is 9. The number of hydrogen-bond acceptors (Lipinski definition) is 1. The normalized spacial score (nSPS) is 12.2. The van der Waals surface area contributed by atoms with E-state index in [1.54, 1.807) is 4.90 Å². The molecule has 0 fully saturated rings. The molecule has 0 heterocycles. The topological polar surface area (TPSA) is 24.7 Å². The molecule has 0 bridgehead atoms. The van der Waals surface area contributed by atoms with Crippen molar-refractivity contribution in [3.63, 3.8) is 0 Å². The predicted octanol–water partition coefficient (Wildman–Crippen LogP) is -0.192. The molecular weight excluding hydrogens is 258 g/mol. The average Bonchev–Trinajstić information content (AvgIpc) is 2.38. The van der Waals surface area contributed by atoms with Crippen molar-refractivity contribution in [3.05, 3.63) is 0 Å². The summed E-state index contributed by atoms with van der Waals surface area (Å²) in [6.07, 6.45) is 15.1. The summed E-state index contributed by atoms with van der Waals surface area (Å²) in [5.74, 6) is 0. The lowest BCUT2D eigenvalue weighted by Crippen LogP contribution is -3.09. The monoisotopic (exact) mass is 293 g/mol. The Morgan fingerprint density at radius 1 is 0.684 bits per heavy atom. The zero-order valence-corrected chi connectivity index (χ0v) is 14.0. The van der Waals surface area contributed by atoms with E-state index < -0.39 is 0 Å². The largest absolute Gasteiger partial charge is 1.00 e. The molecule has 0 spiro atoms. The Kier molecular flexibility index (Phi) is 20.6. The van der Waals surface area contributed by atoms with Crippen LogP contribution >= 0.6 is 0 Å². The van der Waals surface area contributed by atoms with Gasteiger partial charge in [0.25, 0.3) is 0 Å². The third-order valence-corrected chi connectivity index (χ3v) is 3.72. The fourth-order valence-corrected chi connectivity index (χ4v) is 2.42. The minimum atomic E-state index is 0. The second-order valence-electron chi connectivity index (χ2n) is 5.72. The van der Waals surface area contributed by atoms with Crippen LogP contribution in [0.5, 0.6) is 0 Å². The van der Waals surface area contributed by atoms with Gasteiger partial charge in [0.15, 0.2) is 0 Å². The molecule has 118 valence electrons. The van der Waals surface area contributed by atoms with Crippen molar-refractivity contribution in [1.82, 2.24) is 0 Å². The van der Waals surface area contributed by atoms with Crippen LogP contribution < -0.4 is 17.3 Å². The fourth-order valence-electron chi connectivity index (χ4n) is 2.42. The van der Waals surface area contributed by atoms with Crippen LogP contribution in [0, 0.1) is 0 Å². The van der Waals surface area contributed by atoms with E-state index in [4.69, 9.17) is 5.11 Å². The lowest BCUT2D eigenvalue weighted by Gasteiger charge is -2.12. The van der Waals surface area contributed by atoms with E-state index >= 15 is 0 Å². The van der Waals surface area contributed by atoms with E-state index in [-0.39, 0.29) is 12.4 Å². The second-order valence-corrected chi connectivity index (χ2v) is 5.72. The maximum atomic E-state index is 8.75. The number of nitrogens with one attached hydrogen (secondary N) is 1. The van der Waals surface area contributed by atoms with Gasteiger partial charge in [-0.15, -0.1) is 0 Å². The minimum Gasteiger partial charge on any atom is -1.00 e. The van der Waals surface area contributed by atoms with Gasteiger partial charge in [0, 0.05) is 13.0 Å². The second kappa shape index (κ2) is 18.2. The molecule has 1 atom stereocenters. The number of quaternary nitrogens is 1. The Bertz CT molecular complexity index is 156. The molecule has 0 aliphatic heterocycles. The molecule has 0 rings (SSSR count). The van der Waals surface area contributed by atoms with Gasteiger partial charge in [0.05, 0.1) is 20.1 Å². The number of aliphatic hydroxyl groups excluding tert-OH is 1. The summed E-state index contributed by atoms with van der Waals surface area (Å²) in [4.78, 5) is 1.57. The maximum Gasteiger partial charge on any atom is 0.0791 e. The van der Waals surface area contributed by atoms with Gasteiger partial charge in [-0.25, -0.2) is 0 Å². The first-order valence-electron chi connectivity index (χ1n) is 8.23.